The fourth-order valence-corrected chi connectivity index (χ4v) is 3.01. The van der Waals surface area contributed by atoms with Gasteiger partial charge in [0.15, 0.2) is 0 Å². The van der Waals surface area contributed by atoms with E-state index < -0.39 is 0 Å². The van der Waals surface area contributed by atoms with Gasteiger partial charge < -0.3 is 10.1 Å². The zero-order valence-corrected chi connectivity index (χ0v) is 13.4. The van der Waals surface area contributed by atoms with Gasteiger partial charge in [0.25, 0.3) is 0 Å². The van der Waals surface area contributed by atoms with Gasteiger partial charge in [0.1, 0.15) is 11.9 Å². The fraction of sp³-hybridized carbons (Fsp3) is 0.667. The van der Waals surface area contributed by atoms with Crippen molar-refractivity contribution in [3.8, 4) is 5.75 Å². The molecule has 0 heterocycles. The van der Waals surface area contributed by atoms with Crippen molar-refractivity contribution in [2.75, 3.05) is 7.05 Å². The Hall–Kier alpha value is -1.02. The average molecular weight is 275 g/mol. The molecule has 0 amide bonds. The first-order chi connectivity index (χ1) is 9.61. The second-order valence-electron chi connectivity index (χ2n) is 6.37. The first kappa shape index (κ1) is 15.4. The third-order valence-electron chi connectivity index (χ3n) is 4.48. The van der Waals surface area contributed by atoms with Gasteiger partial charge in [-0.3, -0.25) is 0 Å². The Balaban J connectivity index is 2.16. The lowest BCUT2D eigenvalue weighted by Gasteiger charge is -2.27. The molecule has 1 aromatic carbocycles. The molecule has 1 N–H and O–H groups in total. The van der Waals surface area contributed by atoms with Gasteiger partial charge in [0, 0.05) is 6.04 Å². The molecule has 2 atom stereocenters. The summed E-state index contributed by atoms with van der Waals surface area (Å²) in [4.78, 5) is 0. The lowest BCUT2D eigenvalue weighted by molar-refractivity contribution is 0.147. The topological polar surface area (TPSA) is 21.3 Å². The van der Waals surface area contributed by atoms with Gasteiger partial charge in [-0.1, -0.05) is 38.8 Å². The van der Waals surface area contributed by atoms with Crippen molar-refractivity contribution >= 4 is 0 Å². The van der Waals surface area contributed by atoms with Crippen molar-refractivity contribution in [2.45, 2.75) is 70.9 Å². The maximum Gasteiger partial charge on any atom is 0.122 e. The molecule has 0 radical (unpaired) electrons. The summed E-state index contributed by atoms with van der Waals surface area (Å²) >= 11 is 0. The van der Waals surface area contributed by atoms with Crippen LogP contribution in [0.5, 0.6) is 5.75 Å². The van der Waals surface area contributed by atoms with Gasteiger partial charge in [-0.25, -0.2) is 0 Å². The minimum Gasteiger partial charge on any atom is -0.489 e. The highest BCUT2D eigenvalue weighted by molar-refractivity contribution is 5.38. The highest BCUT2D eigenvalue weighted by atomic mass is 16.5. The van der Waals surface area contributed by atoms with Crippen molar-refractivity contribution in [3.63, 3.8) is 0 Å². The predicted molar refractivity (Wildman–Crippen MR) is 85.6 cm³/mol. The third-order valence-corrected chi connectivity index (χ3v) is 4.48. The molecule has 0 bridgehead atoms. The number of ether oxygens (including phenoxy) is 1. The zero-order valence-electron chi connectivity index (χ0n) is 13.4. The molecule has 0 aromatic heterocycles. The van der Waals surface area contributed by atoms with Crippen LogP contribution in [-0.4, -0.2) is 19.2 Å². The lowest BCUT2D eigenvalue weighted by atomic mass is 10.0. The van der Waals surface area contributed by atoms with Crippen molar-refractivity contribution in [1.29, 1.82) is 0 Å². The Morgan fingerprint density at radius 2 is 1.90 bits per heavy atom. The minimum absolute atomic E-state index is 0.309. The van der Waals surface area contributed by atoms with Crippen LogP contribution < -0.4 is 10.1 Å². The van der Waals surface area contributed by atoms with E-state index in [2.05, 4.69) is 51.3 Å². The molecule has 2 rings (SSSR count). The maximum atomic E-state index is 6.40. The number of hydrogen-bond acceptors (Lipinski definition) is 2. The van der Waals surface area contributed by atoms with Gasteiger partial charge in [0.05, 0.1) is 0 Å². The SMILES string of the molecule is CNC1CCCCCC1Oc1cc(C(C)C)ccc1C. The third kappa shape index (κ3) is 3.76. The van der Waals surface area contributed by atoms with E-state index in [1.54, 1.807) is 0 Å². The van der Waals surface area contributed by atoms with Crippen LogP contribution in [0.25, 0.3) is 0 Å². The van der Waals surface area contributed by atoms with Gasteiger partial charge >= 0.3 is 0 Å². The number of benzene rings is 1. The number of rotatable bonds is 4. The molecule has 1 aliphatic rings. The number of nitrogens with one attached hydrogen (secondary N) is 1. The Morgan fingerprint density at radius 3 is 2.60 bits per heavy atom. The Bertz CT molecular complexity index is 427. The van der Waals surface area contributed by atoms with Crippen molar-refractivity contribution in [2.24, 2.45) is 0 Å². The van der Waals surface area contributed by atoms with Crippen LogP contribution in [-0.2, 0) is 0 Å². The molecule has 1 saturated carbocycles. The van der Waals surface area contributed by atoms with Crippen molar-refractivity contribution in [1.82, 2.24) is 5.32 Å². The molecule has 1 aromatic rings. The smallest absolute Gasteiger partial charge is 0.122 e. The Labute approximate surface area is 123 Å². The molecule has 0 aliphatic heterocycles. The quantitative estimate of drug-likeness (QED) is 0.821. The molecule has 0 saturated heterocycles. The molecule has 0 spiro atoms. The summed E-state index contributed by atoms with van der Waals surface area (Å²) in [6.45, 7) is 6.61. The summed E-state index contributed by atoms with van der Waals surface area (Å²) in [5.74, 6) is 1.62. The van der Waals surface area contributed by atoms with Crippen LogP contribution in [0.1, 0.15) is 63.0 Å². The first-order valence-electron chi connectivity index (χ1n) is 8.06. The number of hydrogen-bond donors (Lipinski definition) is 1. The normalized spacial score (nSPS) is 23.6. The summed E-state index contributed by atoms with van der Waals surface area (Å²) in [7, 11) is 2.06. The van der Waals surface area contributed by atoms with Crippen molar-refractivity contribution < 1.29 is 4.74 Å². The van der Waals surface area contributed by atoms with Gasteiger partial charge in [-0.2, -0.15) is 0 Å². The van der Waals surface area contributed by atoms with E-state index in [1.165, 1.54) is 36.8 Å². The number of likely N-dealkylation sites (N-methyl/N-ethyl adjacent to an activating group) is 1. The fourth-order valence-electron chi connectivity index (χ4n) is 3.01. The number of aryl methyl sites for hydroxylation is 1. The molecule has 112 valence electrons. The Kier molecular flexibility index (Phi) is 5.47. The first-order valence-corrected chi connectivity index (χ1v) is 8.06. The van der Waals surface area contributed by atoms with E-state index in [0.29, 0.717) is 18.1 Å². The molecule has 2 nitrogen and oxygen atoms in total. The molecule has 1 fully saturated rings. The standard InChI is InChI=1S/C18H29NO/c1-13(2)15-11-10-14(3)18(12-15)20-17-9-7-5-6-8-16(17)19-4/h10-13,16-17,19H,5-9H2,1-4H3. The maximum absolute atomic E-state index is 6.40. The summed E-state index contributed by atoms with van der Waals surface area (Å²) in [6, 6.07) is 7.13. The molecule has 20 heavy (non-hydrogen) atoms. The largest absolute Gasteiger partial charge is 0.489 e. The van der Waals surface area contributed by atoms with Gasteiger partial charge in [-0.15, -0.1) is 0 Å². The van der Waals surface area contributed by atoms with Crippen LogP contribution in [0, 0.1) is 6.92 Å². The summed E-state index contributed by atoms with van der Waals surface area (Å²) < 4.78 is 6.40. The molecule has 2 unspecified atom stereocenters. The van der Waals surface area contributed by atoms with E-state index in [4.69, 9.17) is 4.74 Å². The van der Waals surface area contributed by atoms with Crippen LogP contribution in [0.2, 0.25) is 0 Å². The lowest BCUT2D eigenvalue weighted by Crippen LogP contribution is -2.40. The minimum atomic E-state index is 0.309. The highest BCUT2D eigenvalue weighted by Gasteiger charge is 2.24. The molecule has 1 aliphatic carbocycles. The summed E-state index contributed by atoms with van der Waals surface area (Å²) in [5.41, 5.74) is 2.61. The van der Waals surface area contributed by atoms with Gasteiger partial charge in [-0.05, 0) is 56.3 Å². The van der Waals surface area contributed by atoms with E-state index >= 15 is 0 Å². The Morgan fingerprint density at radius 1 is 1.15 bits per heavy atom. The van der Waals surface area contributed by atoms with E-state index in [1.807, 2.05) is 0 Å². The average Bonchev–Trinajstić information content (AvgIpc) is 2.66. The molecule has 2 heteroatoms. The summed E-state index contributed by atoms with van der Waals surface area (Å²) in [6.07, 6.45) is 6.63. The van der Waals surface area contributed by atoms with Crippen molar-refractivity contribution in [3.05, 3.63) is 29.3 Å². The second-order valence-corrected chi connectivity index (χ2v) is 6.37. The van der Waals surface area contributed by atoms with Crippen LogP contribution in [0.3, 0.4) is 0 Å². The van der Waals surface area contributed by atoms with Crippen LogP contribution in [0.15, 0.2) is 18.2 Å². The zero-order chi connectivity index (χ0) is 14.5. The molecular formula is C18H29NO. The van der Waals surface area contributed by atoms with E-state index in [0.717, 1.165) is 12.2 Å². The highest BCUT2D eigenvalue weighted by Crippen LogP contribution is 2.28. The van der Waals surface area contributed by atoms with Crippen LogP contribution >= 0.6 is 0 Å². The van der Waals surface area contributed by atoms with E-state index in [-0.39, 0.29) is 0 Å². The second kappa shape index (κ2) is 7.12. The monoisotopic (exact) mass is 275 g/mol. The predicted octanol–water partition coefficient (Wildman–Crippen LogP) is 4.42. The van der Waals surface area contributed by atoms with Crippen LogP contribution in [0.4, 0.5) is 0 Å². The summed E-state index contributed by atoms with van der Waals surface area (Å²) in [5, 5.41) is 3.45. The molecular weight excluding hydrogens is 246 g/mol. The van der Waals surface area contributed by atoms with Gasteiger partial charge in [0.2, 0.25) is 0 Å². The van der Waals surface area contributed by atoms with E-state index in [9.17, 15) is 0 Å².